The lowest BCUT2D eigenvalue weighted by Crippen LogP contribution is -2.64. The molecule has 7 heteroatoms. The zero-order valence-corrected chi connectivity index (χ0v) is 18.5. The average molecular weight is 440 g/mol. The normalized spacial score (nSPS) is 21.1. The number of aryl methyl sites for hydroxylation is 2. The van der Waals surface area contributed by atoms with Crippen LogP contribution in [0.4, 0.5) is 16.2 Å². The Morgan fingerprint density at radius 1 is 1.06 bits per heavy atom. The second-order valence-corrected chi connectivity index (χ2v) is 8.81. The van der Waals surface area contributed by atoms with Crippen molar-refractivity contribution in [2.24, 2.45) is 5.92 Å². The molecule has 0 aromatic heterocycles. The Morgan fingerprint density at radius 3 is 2.58 bits per heavy atom. The van der Waals surface area contributed by atoms with Crippen molar-refractivity contribution in [2.75, 3.05) is 16.8 Å². The summed E-state index contributed by atoms with van der Waals surface area (Å²) >= 11 is 6.10. The Hall–Kier alpha value is -2.86. The van der Waals surface area contributed by atoms with Gasteiger partial charge in [-0.25, -0.2) is 9.69 Å². The molecule has 162 valence electrons. The van der Waals surface area contributed by atoms with Crippen LogP contribution in [0.15, 0.2) is 42.5 Å². The lowest BCUT2D eigenvalue weighted by atomic mass is 9.81. The third kappa shape index (κ3) is 4.30. The summed E-state index contributed by atoms with van der Waals surface area (Å²) < 4.78 is 0. The summed E-state index contributed by atoms with van der Waals surface area (Å²) in [5.41, 5.74) is 3.36. The van der Waals surface area contributed by atoms with Crippen LogP contribution in [-0.4, -0.2) is 35.3 Å². The molecule has 1 aliphatic heterocycles. The van der Waals surface area contributed by atoms with Gasteiger partial charge in [-0.2, -0.15) is 0 Å². The molecule has 2 aliphatic rings. The number of halogens is 1. The molecule has 1 saturated heterocycles. The van der Waals surface area contributed by atoms with Crippen molar-refractivity contribution in [3.05, 3.63) is 58.6 Å². The lowest BCUT2D eigenvalue weighted by Gasteiger charge is -2.46. The molecule has 0 radical (unpaired) electrons. The standard InChI is InChI=1S/C24H26ClN3O3/c1-15-10-11-18(12-16(15)2)26-22(29)14-27-21-9-4-3-8-20(21)23(30)28(24(27)31)19-7-5-6-17(25)13-19/h5-7,10-13,20-21H,3-4,8-9,14H2,1-2H3,(H,26,29). The number of carbonyl (C=O) groups excluding carboxylic acids is 3. The van der Waals surface area contributed by atoms with Gasteiger partial charge >= 0.3 is 6.03 Å². The van der Waals surface area contributed by atoms with E-state index in [2.05, 4.69) is 5.32 Å². The highest BCUT2D eigenvalue weighted by molar-refractivity contribution is 6.31. The maximum Gasteiger partial charge on any atom is 0.332 e. The van der Waals surface area contributed by atoms with E-state index >= 15 is 0 Å². The summed E-state index contributed by atoms with van der Waals surface area (Å²) in [7, 11) is 0. The molecular formula is C24H26ClN3O3. The number of imide groups is 1. The Labute approximate surface area is 187 Å². The summed E-state index contributed by atoms with van der Waals surface area (Å²) in [4.78, 5) is 42.2. The highest BCUT2D eigenvalue weighted by Crippen LogP contribution is 2.37. The van der Waals surface area contributed by atoms with Crippen molar-refractivity contribution >= 4 is 40.8 Å². The summed E-state index contributed by atoms with van der Waals surface area (Å²) in [6, 6.07) is 11.7. The van der Waals surface area contributed by atoms with Crippen molar-refractivity contribution in [2.45, 2.75) is 45.6 Å². The Morgan fingerprint density at radius 2 is 1.84 bits per heavy atom. The van der Waals surface area contributed by atoms with E-state index in [1.165, 1.54) is 4.90 Å². The highest BCUT2D eigenvalue weighted by atomic mass is 35.5. The van der Waals surface area contributed by atoms with Crippen molar-refractivity contribution in [3.63, 3.8) is 0 Å². The first-order valence-electron chi connectivity index (χ1n) is 10.6. The molecule has 0 spiro atoms. The van der Waals surface area contributed by atoms with Gasteiger partial charge in [-0.05, 0) is 68.1 Å². The van der Waals surface area contributed by atoms with Gasteiger partial charge in [-0.1, -0.05) is 36.6 Å². The molecule has 2 atom stereocenters. The molecule has 4 rings (SSSR count). The van der Waals surface area contributed by atoms with Gasteiger partial charge in [0.25, 0.3) is 0 Å². The van der Waals surface area contributed by atoms with Crippen LogP contribution in [0.25, 0.3) is 0 Å². The van der Waals surface area contributed by atoms with Crippen LogP contribution in [0.3, 0.4) is 0 Å². The molecule has 0 bridgehead atoms. The fourth-order valence-electron chi connectivity index (χ4n) is 4.51. The first kappa shape index (κ1) is 21.4. The van der Waals surface area contributed by atoms with Gasteiger partial charge in [-0.3, -0.25) is 9.59 Å². The van der Waals surface area contributed by atoms with Crippen molar-refractivity contribution < 1.29 is 14.4 Å². The van der Waals surface area contributed by atoms with Crippen LogP contribution in [0, 0.1) is 19.8 Å². The van der Waals surface area contributed by atoms with Gasteiger partial charge in [0.15, 0.2) is 0 Å². The number of amides is 4. The summed E-state index contributed by atoms with van der Waals surface area (Å²) in [5.74, 6) is -0.788. The first-order chi connectivity index (χ1) is 14.8. The first-order valence-corrected chi connectivity index (χ1v) is 11.0. The molecule has 2 unspecified atom stereocenters. The quantitative estimate of drug-likeness (QED) is 0.734. The predicted molar refractivity (Wildman–Crippen MR) is 121 cm³/mol. The monoisotopic (exact) mass is 439 g/mol. The number of anilines is 2. The minimum Gasteiger partial charge on any atom is -0.325 e. The average Bonchev–Trinajstić information content (AvgIpc) is 2.74. The minimum atomic E-state index is -0.467. The third-order valence-electron chi connectivity index (χ3n) is 6.28. The zero-order chi connectivity index (χ0) is 22.1. The molecule has 2 aromatic rings. The smallest absolute Gasteiger partial charge is 0.325 e. The second kappa shape index (κ2) is 8.71. The van der Waals surface area contributed by atoms with Gasteiger partial charge in [0.05, 0.1) is 11.6 Å². The van der Waals surface area contributed by atoms with Crippen molar-refractivity contribution in [1.29, 1.82) is 0 Å². The third-order valence-corrected chi connectivity index (χ3v) is 6.51. The number of carbonyl (C=O) groups is 3. The Balaban J connectivity index is 1.59. The fraction of sp³-hybridized carbons (Fsp3) is 0.375. The van der Waals surface area contributed by atoms with E-state index in [0.29, 0.717) is 22.8 Å². The Bertz CT molecular complexity index is 1040. The summed E-state index contributed by atoms with van der Waals surface area (Å²) in [5, 5.41) is 3.34. The highest BCUT2D eigenvalue weighted by Gasteiger charge is 2.48. The van der Waals surface area contributed by atoms with Crippen LogP contribution in [0.2, 0.25) is 5.02 Å². The predicted octanol–water partition coefficient (Wildman–Crippen LogP) is 4.92. The van der Waals surface area contributed by atoms with Gasteiger partial charge in [0.1, 0.15) is 6.54 Å². The SMILES string of the molecule is Cc1ccc(NC(=O)CN2C(=O)N(c3cccc(Cl)c3)C(=O)C3CCCCC32)cc1C. The molecule has 2 aromatic carbocycles. The van der Waals surface area contributed by atoms with Crippen molar-refractivity contribution in [1.82, 2.24) is 4.90 Å². The number of fused-ring (bicyclic) bond motifs is 1. The molecule has 1 saturated carbocycles. The van der Waals surface area contributed by atoms with Crippen LogP contribution >= 0.6 is 11.6 Å². The molecular weight excluding hydrogens is 414 g/mol. The van der Waals surface area contributed by atoms with E-state index in [0.717, 1.165) is 30.4 Å². The number of urea groups is 1. The number of nitrogens with one attached hydrogen (secondary N) is 1. The molecule has 6 nitrogen and oxygen atoms in total. The van der Waals surface area contributed by atoms with Crippen LogP contribution in [-0.2, 0) is 9.59 Å². The fourth-order valence-corrected chi connectivity index (χ4v) is 4.70. The maximum atomic E-state index is 13.4. The number of benzene rings is 2. The second-order valence-electron chi connectivity index (χ2n) is 8.37. The van der Waals surface area contributed by atoms with Gasteiger partial charge in [0.2, 0.25) is 11.8 Å². The molecule has 2 fully saturated rings. The maximum absolute atomic E-state index is 13.4. The summed E-state index contributed by atoms with van der Waals surface area (Å²) in [6.07, 6.45) is 3.31. The molecule has 1 aliphatic carbocycles. The summed E-state index contributed by atoms with van der Waals surface area (Å²) in [6.45, 7) is 3.90. The molecule has 4 amide bonds. The van der Waals surface area contributed by atoms with E-state index in [-0.39, 0.29) is 30.3 Å². The Kier molecular flexibility index (Phi) is 6.01. The van der Waals surface area contributed by atoms with Gasteiger partial charge in [-0.15, -0.1) is 0 Å². The minimum absolute atomic E-state index is 0.0999. The topological polar surface area (TPSA) is 69.7 Å². The van der Waals surface area contributed by atoms with Crippen LogP contribution < -0.4 is 10.2 Å². The zero-order valence-electron chi connectivity index (χ0n) is 17.7. The van der Waals surface area contributed by atoms with E-state index in [1.54, 1.807) is 29.2 Å². The number of nitrogens with zero attached hydrogens (tertiary/aromatic N) is 2. The number of rotatable bonds is 4. The van der Waals surface area contributed by atoms with Crippen molar-refractivity contribution in [3.8, 4) is 0 Å². The van der Waals surface area contributed by atoms with Crippen LogP contribution in [0.1, 0.15) is 36.8 Å². The van der Waals surface area contributed by atoms with E-state index in [9.17, 15) is 14.4 Å². The molecule has 1 heterocycles. The van der Waals surface area contributed by atoms with Gasteiger partial charge in [0, 0.05) is 16.8 Å². The van der Waals surface area contributed by atoms with E-state index in [4.69, 9.17) is 11.6 Å². The van der Waals surface area contributed by atoms with Gasteiger partial charge < -0.3 is 10.2 Å². The van der Waals surface area contributed by atoms with Crippen LogP contribution in [0.5, 0.6) is 0 Å². The number of hydrogen-bond donors (Lipinski definition) is 1. The van der Waals surface area contributed by atoms with E-state index in [1.807, 2.05) is 32.0 Å². The lowest BCUT2D eigenvalue weighted by molar-refractivity contribution is -0.128. The largest absolute Gasteiger partial charge is 0.332 e. The molecule has 1 N–H and O–H groups in total. The van der Waals surface area contributed by atoms with E-state index < -0.39 is 6.03 Å². The molecule has 31 heavy (non-hydrogen) atoms. The number of hydrogen-bond acceptors (Lipinski definition) is 3.